The van der Waals surface area contributed by atoms with E-state index in [4.69, 9.17) is 4.74 Å². The number of carbonyl (C=O) groups is 2. The molecule has 3 aromatic rings. The van der Waals surface area contributed by atoms with Gasteiger partial charge in [0.15, 0.2) is 0 Å². The highest BCUT2D eigenvalue weighted by molar-refractivity contribution is 6.09. The van der Waals surface area contributed by atoms with Gasteiger partial charge in [-0.3, -0.25) is 4.79 Å². The predicted molar refractivity (Wildman–Crippen MR) is 113 cm³/mol. The third-order valence-electron chi connectivity index (χ3n) is 5.27. The lowest BCUT2D eigenvalue weighted by atomic mass is 9.96. The highest BCUT2D eigenvalue weighted by Gasteiger charge is 2.22. The molecule has 0 aliphatic carbocycles. The Hall–Kier alpha value is -3.64. The Morgan fingerprint density at radius 2 is 1.73 bits per heavy atom. The Kier molecular flexibility index (Phi) is 5.50. The van der Waals surface area contributed by atoms with Crippen molar-refractivity contribution in [2.24, 2.45) is 0 Å². The first-order chi connectivity index (χ1) is 14.5. The second-order valence-electron chi connectivity index (χ2n) is 7.22. The van der Waals surface area contributed by atoms with Crippen LogP contribution in [0.15, 0.2) is 66.7 Å². The first-order valence-corrected chi connectivity index (χ1v) is 9.67. The molecule has 1 atom stereocenters. The van der Waals surface area contributed by atoms with Crippen LogP contribution in [0.4, 0.5) is 5.69 Å². The molecule has 0 spiro atoms. The number of anilines is 1. The number of benzene rings is 3. The van der Waals surface area contributed by atoms with E-state index >= 15 is 0 Å². The summed E-state index contributed by atoms with van der Waals surface area (Å²) in [4.78, 5) is 24.6. The van der Waals surface area contributed by atoms with Gasteiger partial charge in [0.25, 0.3) is 5.91 Å². The van der Waals surface area contributed by atoms with E-state index in [2.05, 4.69) is 5.32 Å². The van der Waals surface area contributed by atoms with Crippen molar-refractivity contribution >= 4 is 17.6 Å². The van der Waals surface area contributed by atoms with Crippen molar-refractivity contribution in [3.8, 4) is 16.9 Å². The Bertz CT molecular complexity index is 1090. The maximum absolute atomic E-state index is 12.9. The van der Waals surface area contributed by atoms with Gasteiger partial charge in [-0.25, -0.2) is 4.79 Å². The smallest absolute Gasteiger partial charge is 0.337 e. The van der Waals surface area contributed by atoms with Crippen LogP contribution in [0.5, 0.6) is 5.75 Å². The fraction of sp³-hybridized carbons (Fsp3) is 0.167. The third-order valence-corrected chi connectivity index (χ3v) is 5.27. The van der Waals surface area contributed by atoms with Crippen LogP contribution in [-0.4, -0.2) is 35.3 Å². The third kappa shape index (κ3) is 4.04. The fourth-order valence-electron chi connectivity index (χ4n) is 3.62. The molecule has 1 aliphatic rings. The molecule has 0 saturated carbocycles. The van der Waals surface area contributed by atoms with Crippen LogP contribution in [0.25, 0.3) is 11.1 Å². The topological polar surface area (TPSA) is 95.9 Å². The number of carboxylic acid groups (broad SMARTS) is 1. The van der Waals surface area contributed by atoms with E-state index in [0.717, 1.165) is 23.1 Å². The normalized spacial score (nSPS) is 15.7. The zero-order valence-electron chi connectivity index (χ0n) is 16.2. The summed E-state index contributed by atoms with van der Waals surface area (Å²) in [5.41, 5.74) is 2.83. The summed E-state index contributed by atoms with van der Waals surface area (Å²) in [5, 5.41) is 22.4. The van der Waals surface area contributed by atoms with Crippen molar-refractivity contribution in [2.45, 2.75) is 12.3 Å². The number of hydrogen-bond donors (Lipinski definition) is 3. The van der Waals surface area contributed by atoms with Gasteiger partial charge in [-0.1, -0.05) is 42.5 Å². The van der Waals surface area contributed by atoms with Crippen LogP contribution >= 0.6 is 0 Å². The lowest BCUT2D eigenvalue weighted by Gasteiger charge is -2.14. The van der Waals surface area contributed by atoms with E-state index in [9.17, 15) is 19.8 Å². The standard InChI is InChI=1S/C24H21NO5/c26-22-9-7-16(18-10-11-30-14-18)12-20(22)23(27)25-21-13-17(6-8-19(21)24(28)29)15-4-2-1-3-5-15/h1-9,12-13,18,26H,10-11,14H2,(H,25,27)(H,28,29). The first-order valence-electron chi connectivity index (χ1n) is 9.67. The van der Waals surface area contributed by atoms with Gasteiger partial charge in [0, 0.05) is 12.5 Å². The molecule has 6 nitrogen and oxygen atoms in total. The Morgan fingerprint density at radius 1 is 0.933 bits per heavy atom. The molecule has 0 bridgehead atoms. The van der Waals surface area contributed by atoms with Gasteiger partial charge in [0.1, 0.15) is 5.75 Å². The molecular formula is C24H21NO5. The summed E-state index contributed by atoms with van der Waals surface area (Å²) < 4.78 is 5.41. The molecule has 6 heteroatoms. The number of nitrogens with one attached hydrogen (secondary N) is 1. The maximum atomic E-state index is 12.9. The number of aromatic hydroxyl groups is 1. The van der Waals surface area contributed by atoms with Crippen LogP contribution in [0, 0.1) is 0 Å². The largest absolute Gasteiger partial charge is 0.507 e. The van der Waals surface area contributed by atoms with Gasteiger partial charge < -0.3 is 20.3 Å². The molecule has 3 aromatic carbocycles. The SMILES string of the molecule is O=C(Nc1cc(-c2ccccc2)ccc1C(=O)O)c1cc(C2CCOC2)ccc1O. The van der Waals surface area contributed by atoms with Gasteiger partial charge in [-0.15, -0.1) is 0 Å². The molecule has 1 aliphatic heterocycles. The fourth-order valence-corrected chi connectivity index (χ4v) is 3.62. The monoisotopic (exact) mass is 403 g/mol. The van der Waals surface area contributed by atoms with E-state index in [1.54, 1.807) is 24.3 Å². The zero-order valence-corrected chi connectivity index (χ0v) is 16.2. The van der Waals surface area contributed by atoms with Crippen LogP contribution in [0.1, 0.15) is 38.6 Å². The van der Waals surface area contributed by atoms with Crippen molar-refractivity contribution in [3.05, 3.63) is 83.4 Å². The lowest BCUT2D eigenvalue weighted by molar-refractivity contribution is 0.0698. The molecule has 30 heavy (non-hydrogen) atoms. The number of aromatic carboxylic acids is 1. The summed E-state index contributed by atoms with van der Waals surface area (Å²) in [5.74, 6) is -1.70. The number of carbonyl (C=O) groups excluding carboxylic acids is 1. The molecule has 0 aromatic heterocycles. The van der Waals surface area contributed by atoms with Crippen molar-refractivity contribution in [1.82, 2.24) is 0 Å². The van der Waals surface area contributed by atoms with E-state index in [0.29, 0.717) is 13.2 Å². The van der Waals surface area contributed by atoms with Crippen molar-refractivity contribution in [1.29, 1.82) is 0 Å². The van der Waals surface area contributed by atoms with Crippen LogP contribution in [0.2, 0.25) is 0 Å². The van der Waals surface area contributed by atoms with Crippen LogP contribution < -0.4 is 5.32 Å². The van der Waals surface area contributed by atoms with E-state index in [1.165, 1.54) is 12.1 Å². The number of phenolic OH excluding ortho intramolecular Hbond substituents is 1. The van der Waals surface area contributed by atoms with E-state index in [-0.39, 0.29) is 28.5 Å². The minimum Gasteiger partial charge on any atom is -0.507 e. The number of hydrogen-bond acceptors (Lipinski definition) is 4. The number of phenols is 1. The van der Waals surface area contributed by atoms with Crippen LogP contribution in [0.3, 0.4) is 0 Å². The van der Waals surface area contributed by atoms with E-state index in [1.807, 2.05) is 30.3 Å². The highest BCUT2D eigenvalue weighted by atomic mass is 16.5. The first kappa shape index (κ1) is 19.7. The molecule has 1 saturated heterocycles. The van der Waals surface area contributed by atoms with Gasteiger partial charge in [-0.2, -0.15) is 0 Å². The second kappa shape index (κ2) is 8.39. The molecule has 1 amide bonds. The molecule has 1 heterocycles. The maximum Gasteiger partial charge on any atom is 0.337 e. The summed E-state index contributed by atoms with van der Waals surface area (Å²) in [6.45, 7) is 1.25. The van der Waals surface area contributed by atoms with Crippen molar-refractivity contribution < 1.29 is 24.5 Å². The Balaban J connectivity index is 1.67. The molecule has 4 rings (SSSR count). The van der Waals surface area contributed by atoms with Gasteiger partial charge in [0.2, 0.25) is 0 Å². The van der Waals surface area contributed by atoms with Gasteiger partial charge >= 0.3 is 5.97 Å². The van der Waals surface area contributed by atoms with Crippen molar-refractivity contribution in [3.63, 3.8) is 0 Å². The Labute approximate surface area is 173 Å². The molecule has 1 fully saturated rings. The second-order valence-corrected chi connectivity index (χ2v) is 7.22. The zero-order chi connectivity index (χ0) is 21.1. The number of carboxylic acids is 1. The Morgan fingerprint density at radius 3 is 2.43 bits per heavy atom. The minimum absolute atomic E-state index is 0.0251. The number of ether oxygens (including phenoxy) is 1. The van der Waals surface area contributed by atoms with E-state index < -0.39 is 11.9 Å². The van der Waals surface area contributed by atoms with Crippen molar-refractivity contribution in [2.75, 3.05) is 18.5 Å². The van der Waals surface area contributed by atoms with Crippen LogP contribution in [-0.2, 0) is 4.74 Å². The minimum atomic E-state index is -1.15. The summed E-state index contributed by atoms with van der Waals surface area (Å²) >= 11 is 0. The molecular weight excluding hydrogens is 382 g/mol. The lowest BCUT2D eigenvalue weighted by Crippen LogP contribution is -2.16. The number of amides is 1. The van der Waals surface area contributed by atoms with Gasteiger partial charge in [-0.05, 0) is 47.4 Å². The predicted octanol–water partition coefficient (Wildman–Crippen LogP) is 4.51. The number of rotatable bonds is 5. The summed E-state index contributed by atoms with van der Waals surface area (Å²) in [6.07, 6.45) is 0.855. The summed E-state index contributed by atoms with van der Waals surface area (Å²) in [7, 11) is 0. The highest BCUT2D eigenvalue weighted by Crippen LogP contribution is 2.31. The quantitative estimate of drug-likeness (QED) is 0.582. The molecule has 152 valence electrons. The van der Waals surface area contributed by atoms with Gasteiger partial charge in [0.05, 0.1) is 23.4 Å². The molecule has 3 N–H and O–H groups in total. The summed E-state index contributed by atoms with van der Waals surface area (Å²) in [6, 6.07) is 19.2. The molecule has 1 unspecified atom stereocenters. The average Bonchev–Trinajstić information content (AvgIpc) is 3.29. The average molecular weight is 403 g/mol. The molecule has 0 radical (unpaired) electrons.